The Morgan fingerprint density at radius 2 is 0.569 bits per heavy atom. The van der Waals surface area contributed by atoms with Crippen molar-refractivity contribution >= 4 is 11.9 Å². The zero-order chi connectivity index (χ0) is 42.1. The summed E-state index contributed by atoms with van der Waals surface area (Å²) in [5.74, 6) is -0.370. The minimum atomic E-state index is -0.522. The molecule has 0 aromatic rings. The first-order valence-corrected chi connectivity index (χ1v) is 26.6. The SMILES string of the molecule is CCCCCCCCCCCCCCCCCCOC[C@H](COC(=O)CCCCCCCCCCCCCCC)OC(=O)CCCCCCCCCCCCCCC. The molecule has 0 saturated heterocycles. The van der Waals surface area contributed by atoms with Crippen molar-refractivity contribution in [1.82, 2.24) is 0 Å². The van der Waals surface area contributed by atoms with E-state index in [0.29, 0.717) is 26.1 Å². The molecule has 0 unspecified atom stereocenters. The summed E-state index contributed by atoms with van der Waals surface area (Å²) >= 11 is 0. The van der Waals surface area contributed by atoms with Crippen molar-refractivity contribution in [3.8, 4) is 0 Å². The molecule has 0 N–H and O–H groups in total. The maximum Gasteiger partial charge on any atom is 0.306 e. The van der Waals surface area contributed by atoms with E-state index in [1.165, 1.54) is 238 Å². The van der Waals surface area contributed by atoms with E-state index in [9.17, 15) is 9.59 Å². The Morgan fingerprint density at radius 1 is 0.310 bits per heavy atom. The fraction of sp³-hybridized carbons (Fsp3) is 0.962. The summed E-state index contributed by atoms with van der Waals surface area (Å²) in [5.41, 5.74) is 0. The largest absolute Gasteiger partial charge is 0.462 e. The molecular formula is C53H104O5. The summed E-state index contributed by atoms with van der Waals surface area (Å²) in [6, 6.07) is 0. The van der Waals surface area contributed by atoms with Crippen LogP contribution in [0.2, 0.25) is 0 Å². The van der Waals surface area contributed by atoms with Crippen molar-refractivity contribution in [2.45, 2.75) is 309 Å². The first-order valence-electron chi connectivity index (χ1n) is 26.6. The van der Waals surface area contributed by atoms with Crippen molar-refractivity contribution in [2.24, 2.45) is 0 Å². The highest BCUT2D eigenvalue weighted by Gasteiger charge is 2.17. The molecule has 5 heteroatoms. The maximum atomic E-state index is 12.8. The van der Waals surface area contributed by atoms with Gasteiger partial charge in [0.05, 0.1) is 6.61 Å². The molecule has 0 bridgehead atoms. The summed E-state index contributed by atoms with van der Waals surface area (Å²) in [6.07, 6.45) is 55.3. The molecule has 0 aliphatic heterocycles. The Kier molecular flexibility index (Phi) is 49.3. The normalized spacial score (nSPS) is 12.0. The van der Waals surface area contributed by atoms with Crippen LogP contribution in [0.1, 0.15) is 303 Å². The number of rotatable bonds is 50. The molecule has 0 amide bonds. The predicted molar refractivity (Wildman–Crippen MR) is 252 cm³/mol. The highest BCUT2D eigenvalue weighted by atomic mass is 16.6. The molecule has 0 heterocycles. The number of ether oxygens (including phenoxy) is 3. The van der Waals surface area contributed by atoms with Crippen molar-refractivity contribution in [3.63, 3.8) is 0 Å². The molecular weight excluding hydrogens is 717 g/mol. The number of esters is 2. The van der Waals surface area contributed by atoms with Gasteiger partial charge in [-0.1, -0.05) is 271 Å². The second kappa shape index (κ2) is 50.3. The first-order chi connectivity index (χ1) is 28.6. The Morgan fingerprint density at radius 3 is 0.879 bits per heavy atom. The zero-order valence-corrected chi connectivity index (χ0v) is 39.9. The van der Waals surface area contributed by atoms with Crippen LogP contribution in [0.3, 0.4) is 0 Å². The highest BCUT2D eigenvalue weighted by Crippen LogP contribution is 2.17. The van der Waals surface area contributed by atoms with E-state index < -0.39 is 6.10 Å². The second-order valence-corrected chi connectivity index (χ2v) is 18.2. The molecule has 0 spiro atoms. The van der Waals surface area contributed by atoms with Crippen LogP contribution in [0, 0.1) is 0 Å². The quantitative estimate of drug-likeness (QED) is 0.0452. The summed E-state index contributed by atoms with van der Waals surface area (Å²) in [7, 11) is 0. The van der Waals surface area contributed by atoms with E-state index in [0.717, 1.165) is 32.1 Å². The molecule has 0 fully saturated rings. The van der Waals surface area contributed by atoms with Gasteiger partial charge >= 0.3 is 11.9 Å². The van der Waals surface area contributed by atoms with Crippen LogP contribution in [0.4, 0.5) is 0 Å². The molecule has 0 aromatic heterocycles. The Balaban J connectivity index is 4.18. The minimum Gasteiger partial charge on any atom is -0.462 e. The molecule has 0 aliphatic carbocycles. The van der Waals surface area contributed by atoms with Gasteiger partial charge in [-0.25, -0.2) is 0 Å². The van der Waals surface area contributed by atoms with Crippen LogP contribution in [-0.2, 0) is 23.8 Å². The monoisotopic (exact) mass is 821 g/mol. The van der Waals surface area contributed by atoms with Gasteiger partial charge in [0.15, 0.2) is 6.10 Å². The average Bonchev–Trinajstić information content (AvgIpc) is 3.22. The van der Waals surface area contributed by atoms with E-state index in [1.807, 2.05) is 0 Å². The molecule has 0 radical (unpaired) electrons. The molecule has 58 heavy (non-hydrogen) atoms. The van der Waals surface area contributed by atoms with Crippen molar-refractivity contribution in [2.75, 3.05) is 19.8 Å². The average molecular weight is 821 g/mol. The molecule has 0 aromatic carbocycles. The standard InChI is InChI=1S/C53H104O5/c1-4-7-10-13-16-19-22-25-26-27-30-33-36-39-42-45-48-56-49-51(58-53(55)47-44-41-38-35-32-29-24-21-18-15-12-9-6-3)50-57-52(54)46-43-40-37-34-31-28-23-20-17-14-11-8-5-2/h51H,4-50H2,1-3H3/t51-/m1/s1. The van der Waals surface area contributed by atoms with E-state index in [1.54, 1.807) is 0 Å². The summed E-state index contributed by atoms with van der Waals surface area (Å²) in [5, 5.41) is 0. The molecule has 5 nitrogen and oxygen atoms in total. The second-order valence-electron chi connectivity index (χ2n) is 18.2. The van der Waals surface area contributed by atoms with Gasteiger partial charge in [-0.3, -0.25) is 9.59 Å². The number of hydrogen-bond donors (Lipinski definition) is 0. The lowest BCUT2D eigenvalue weighted by Gasteiger charge is -2.18. The molecule has 0 rings (SSSR count). The third-order valence-corrected chi connectivity index (χ3v) is 12.1. The molecule has 0 aliphatic rings. The summed E-state index contributed by atoms with van der Waals surface area (Å²) in [6.45, 7) is 7.91. The Labute approximate surface area is 363 Å². The van der Waals surface area contributed by atoms with Gasteiger partial charge in [0, 0.05) is 19.4 Å². The smallest absolute Gasteiger partial charge is 0.306 e. The van der Waals surface area contributed by atoms with Gasteiger partial charge in [-0.15, -0.1) is 0 Å². The zero-order valence-electron chi connectivity index (χ0n) is 39.9. The maximum absolute atomic E-state index is 12.8. The third kappa shape index (κ3) is 47.6. The van der Waals surface area contributed by atoms with Crippen LogP contribution in [-0.4, -0.2) is 37.9 Å². The number of carbonyl (C=O) groups excluding carboxylic acids is 2. The first kappa shape index (κ1) is 56.9. The fourth-order valence-electron chi connectivity index (χ4n) is 8.16. The van der Waals surface area contributed by atoms with E-state index in [4.69, 9.17) is 14.2 Å². The van der Waals surface area contributed by atoms with Gasteiger partial charge in [0.25, 0.3) is 0 Å². The topological polar surface area (TPSA) is 61.8 Å². The van der Waals surface area contributed by atoms with E-state index in [2.05, 4.69) is 20.8 Å². The Bertz CT molecular complexity index is 799. The van der Waals surface area contributed by atoms with Gasteiger partial charge in [-0.05, 0) is 19.3 Å². The number of unbranched alkanes of at least 4 members (excludes halogenated alkanes) is 39. The van der Waals surface area contributed by atoms with Crippen LogP contribution >= 0.6 is 0 Å². The van der Waals surface area contributed by atoms with Gasteiger partial charge in [0.1, 0.15) is 6.61 Å². The third-order valence-electron chi connectivity index (χ3n) is 12.1. The number of hydrogen-bond acceptors (Lipinski definition) is 5. The molecule has 1 atom stereocenters. The van der Waals surface area contributed by atoms with Crippen LogP contribution in [0.5, 0.6) is 0 Å². The van der Waals surface area contributed by atoms with Crippen molar-refractivity contribution in [3.05, 3.63) is 0 Å². The fourth-order valence-corrected chi connectivity index (χ4v) is 8.16. The van der Waals surface area contributed by atoms with E-state index in [-0.39, 0.29) is 18.5 Å². The highest BCUT2D eigenvalue weighted by molar-refractivity contribution is 5.70. The van der Waals surface area contributed by atoms with Crippen molar-refractivity contribution in [1.29, 1.82) is 0 Å². The minimum absolute atomic E-state index is 0.0978. The lowest BCUT2D eigenvalue weighted by atomic mass is 10.0. The Hall–Kier alpha value is -1.10. The van der Waals surface area contributed by atoms with Crippen LogP contribution < -0.4 is 0 Å². The van der Waals surface area contributed by atoms with Crippen LogP contribution in [0.15, 0.2) is 0 Å². The molecule has 0 saturated carbocycles. The predicted octanol–water partition coefficient (Wildman–Crippen LogP) is 17.7. The lowest BCUT2D eigenvalue weighted by Crippen LogP contribution is -2.30. The number of carbonyl (C=O) groups is 2. The van der Waals surface area contributed by atoms with Crippen molar-refractivity contribution < 1.29 is 23.8 Å². The van der Waals surface area contributed by atoms with E-state index >= 15 is 0 Å². The molecule has 346 valence electrons. The lowest BCUT2D eigenvalue weighted by molar-refractivity contribution is -0.163. The van der Waals surface area contributed by atoms with Gasteiger partial charge in [-0.2, -0.15) is 0 Å². The summed E-state index contributed by atoms with van der Waals surface area (Å²) in [4.78, 5) is 25.4. The van der Waals surface area contributed by atoms with Gasteiger partial charge in [0.2, 0.25) is 0 Å². The van der Waals surface area contributed by atoms with Crippen LogP contribution in [0.25, 0.3) is 0 Å². The summed E-state index contributed by atoms with van der Waals surface area (Å²) < 4.78 is 17.4. The van der Waals surface area contributed by atoms with Gasteiger partial charge < -0.3 is 14.2 Å².